The lowest BCUT2D eigenvalue weighted by atomic mass is 10.1. The molecule has 1 fully saturated rings. The second-order valence-corrected chi connectivity index (χ2v) is 10.3. The lowest BCUT2D eigenvalue weighted by Crippen LogP contribution is -2.37. The van der Waals surface area contributed by atoms with E-state index < -0.39 is 10.0 Å². The summed E-state index contributed by atoms with van der Waals surface area (Å²) in [6.45, 7) is 8.42. The molecule has 1 aliphatic heterocycles. The summed E-state index contributed by atoms with van der Waals surface area (Å²) in [6.07, 6.45) is 1.40. The molecule has 1 aromatic heterocycles. The zero-order chi connectivity index (χ0) is 21.6. The number of thioether (sulfide) groups is 1. The van der Waals surface area contributed by atoms with Crippen LogP contribution in [-0.4, -0.2) is 66.2 Å². The van der Waals surface area contributed by atoms with Gasteiger partial charge in [-0.25, -0.2) is 8.42 Å². The number of carbonyl (C=O) groups excluding carboxylic acids is 1. The maximum atomic E-state index is 12.8. The minimum atomic E-state index is -3.56. The van der Waals surface area contributed by atoms with Crippen molar-refractivity contribution in [3.63, 3.8) is 0 Å². The number of hydrogen-bond acceptors (Lipinski definition) is 5. The van der Waals surface area contributed by atoms with Crippen LogP contribution in [0.15, 0.2) is 41.4 Å². The molecule has 2 N–H and O–H groups in total. The maximum Gasteiger partial charge on any atom is 0.268 e. The molecule has 0 spiro atoms. The first-order valence-electron chi connectivity index (χ1n) is 10.3. The Labute approximate surface area is 183 Å². The Morgan fingerprint density at radius 2 is 1.83 bits per heavy atom. The molecule has 30 heavy (non-hydrogen) atoms. The first-order chi connectivity index (χ1) is 14.5. The number of benzene rings is 1. The van der Waals surface area contributed by atoms with Crippen molar-refractivity contribution in [1.82, 2.24) is 19.5 Å². The van der Waals surface area contributed by atoms with Gasteiger partial charge in [0.2, 0.25) is 10.0 Å². The molecule has 2 aromatic rings. The number of hydrogen-bond donors (Lipinski definition) is 2. The van der Waals surface area contributed by atoms with E-state index >= 15 is 0 Å². The zero-order valence-electron chi connectivity index (χ0n) is 17.6. The van der Waals surface area contributed by atoms with E-state index in [0.29, 0.717) is 19.6 Å². The Morgan fingerprint density at radius 1 is 1.17 bits per heavy atom. The predicted molar refractivity (Wildman–Crippen MR) is 121 cm³/mol. The summed E-state index contributed by atoms with van der Waals surface area (Å²) in [5.74, 6) is 1.27. The molecule has 0 unspecified atom stereocenters. The topological polar surface area (TPSA) is 85.5 Å². The van der Waals surface area contributed by atoms with E-state index in [1.54, 1.807) is 11.8 Å². The van der Waals surface area contributed by atoms with E-state index in [-0.39, 0.29) is 16.5 Å². The zero-order valence-corrected chi connectivity index (χ0v) is 19.2. The molecule has 0 bridgehead atoms. The highest BCUT2D eigenvalue weighted by molar-refractivity contribution is 7.99. The molecular formula is C21H30N4O3S2. The molecule has 1 aliphatic rings. The van der Waals surface area contributed by atoms with Crippen molar-refractivity contribution < 1.29 is 13.2 Å². The van der Waals surface area contributed by atoms with Crippen LogP contribution in [-0.2, 0) is 23.1 Å². The molecule has 0 radical (unpaired) electrons. The molecule has 3 rings (SSSR count). The number of nitrogens with one attached hydrogen (secondary N) is 2. The lowest BCUT2D eigenvalue weighted by Gasteiger charge is -2.24. The van der Waals surface area contributed by atoms with E-state index in [9.17, 15) is 13.2 Å². The highest BCUT2D eigenvalue weighted by atomic mass is 32.2. The van der Waals surface area contributed by atoms with Crippen LogP contribution < -0.4 is 5.32 Å². The van der Waals surface area contributed by atoms with Crippen LogP contribution in [0.2, 0.25) is 0 Å². The van der Waals surface area contributed by atoms with Gasteiger partial charge in [0, 0.05) is 43.9 Å². The van der Waals surface area contributed by atoms with Crippen molar-refractivity contribution >= 4 is 27.7 Å². The van der Waals surface area contributed by atoms with E-state index in [2.05, 4.69) is 35.1 Å². The van der Waals surface area contributed by atoms with Gasteiger partial charge in [0.05, 0.1) is 0 Å². The number of nitrogens with zero attached hydrogens (tertiary/aromatic N) is 2. The minimum absolute atomic E-state index is 0.140. The number of carbonyl (C=O) groups is 1. The lowest BCUT2D eigenvalue weighted by molar-refractivity contribution is 0.0946. The average Bonchev–Trinajstić information content (AvgIpc) is 3.28. The number of H-pyrrole nitrogens is 1. The second kappa shape index (κ2) is 10.5. The van der Waals surface area contributed by atoms with E-state index in [0.717, 1.165) is 36.7 Å². The third kappa shape index (κ3) is 5.46. The Kier molecular flexibility index (Phi) is 7.99. The predicted octanol–water partition coefficient (Wildman–Crippen LogP) is 2.52. The van der Waals surface area contributed by atoms with Crippen LogP contribution in [0.5, 0.6) is 0 Å². The summed E-state index contributed by atoms with van der Waals surface area (Å²) in [7, 11) is -3.56. The number of amides is 1. The summed E-state index contributed by atoms with van der Waals surface area (Å²) < 4.78 is 27.0. The fraction of sp³-hybridized carbons (Fsp3) is 0.476. The van der Waals surface area contributed by atoms with Gasteiger partial charge < -0.3 is 10.3 Å². The van der Waals surface area contributed by atoms with Crippen LogP contribution >= 0.6 is 11.8 Å². The summed E-state index contributed by atoms with van der Waals surface area (Å²) >= 11 is 1.75. The number of aromatic amines is 1. The Hall–Kier alpha value is -1.81. The van der Waals surface area contributed by atoms with E-state index in [4.69, 9.17) is 0 Å². The minimum Gasteiger partial charge on any atom is -0.356 e. The van der Waals surface area contributed by atoms with Crippen LogP contribution in [0, 0.1) is 0 Å². The van der Waals surface area contributed by atoms with Crippen molar-refractivity contribution in [3.05, 3.63) is 53.3 Å². The van der Waals surface area contributed by atoms with Crippen molar-refractivity contribution in [2.75, 3.05) is 37.7 Å². The summed E-state index contributed by atoms with van der Waals surface area (Å²) in [5, 5.41) is 2.91. The average molecular weight is 451 g/mol. The molecular weight excluding hydrogens is 420 g/mol. The van der Waals surface area contributed by atoms with Crippen LogP contribution in [0.1, 0.15) is 35.5 Å². The molecule has 1 aromatic carbocycles. The molecule has 0 aliphatic carbocycles. The SMILES string of the molecule is CCN(CC)Cc1ccccc1CNC(=O)c1cc(S(=O)(=O)N2CCSCC2)c[nH]1. The van der Waals surface area contributed by atoms with Crippen LogP contribution in [0.3, 0.4) is 0 Å². The third-order valence-corrected chi connectivity index (χ3v) is 8.17. The van der Waals surface area contributed by atoms with Gasteiger partial charge in [-0.3, -0.25) is 9.69 Å². The first-order valence-corrected chi connectivity index (χ1v) is 12.9. The highest BCUT2D eigenvalue weighted by Gasteiger charge is 2.27. The number of aromatic nitrogens is 1. The molecule has 164 valence electrons. The van der Waals surface area contributed by atoms with Crippen molar-refractivity contribution in [2.45, 2.75) is 31.8 Å². The second-order valence-electron chi connectivity index (χ2n) is 7.18. The van der Waals surface area contributed by atoms with Gasteiger partial charge in [-0.1, -0.05) is 38.1 Å². The third-order valence-electron chi connectivity index (χ3n) is 5.36. The molecule has 1 amide bonds. The van der Waals surface area contributed by atoms with Gasteiger partial charge >= 0.3 is 0 Å². The molecule has 7 nitrogen and oxygen atoms in total. The molecule has 0 atom stereocenters. The van der Waals surface area contributed by atoms with Gasteiger partial charge in [-0.15, -0.1) is 0 Å². The number of rotatable bonds is 9. The highest BCUT2D eigenvalue weighted by Crippen LogP contribution is 2.21. The van der Waals surface area contributed by atoms with Crippen LogP contribution in [0.4, 0.5) is 0 Å². The van der Waals surface area contributed by atoms with Crippen molar-refractivity contribution in [2.24, 2.45) is 0 Å². The van der Waals surface area contributed by atoms with Gasteiger partial charge in [0.1, 0.15) is 10.6 Å². The molecule has 1 saturated heterocycles. The van der Waals surface area contributed by atoms with E-state index in [1.807, 2.05) is 18.2 Å². The van der Waals surface area contributed by atoms with E-state index in [1.165, 1.54) is 22.1 Å². The van der Waals surface area contributed by atoms with Gasteiger partial charge in [0.25, 0.3) is 5.91 Å². The molecule has 2 heterocycles. The van der Waals surface area contributed by atoms with Gasteiger partial charge in [-0.05, 0) is 30.3 Å². The standard InChI is InChI=1S/C21H30N4O3S2/c1-3-24(4-2)16-18-8-6-5-7-17(18)14-23-21(26)20-13-19(15-22-20)30(27,28)25-9-11-29-12-10-25/h5-8,13,15,22H,3-4,9-12,14,16H2,1-2H3,(H,23,26). The van der Waals surface area contributed by atoms with Crippen molar-refractivity contribution in [1.29, 1.82) is 0 Å². The van der Waals surface area contributed by atoms with Gasteiger partial charge in [-0.2, -0.15) is 16.1 Å². The smallest absolute Gasteiger partial charge is 0.268 e. The van der Waals surface area contributed by atoms with Crippen molar-refractivity contribution in [3.8, 4) is 0 Å². The number of sulfonamides is 1. The molecule has 0 saturated carbocycles. The van der Waals surface area contributed by atoms with Gasteiger partial charge in [0.15, 0.2) is 0 Å². The quantitative estimate of drug-likeness (QED) is 0.613. The summed E-state index contributed by atoms with van der Waals surface area (Å²) in [5.41, 5.74) is 2.49. The Bertz CT molecular complexity index is 949. The largest absolute Gasteiger partial charge is 0.356 e. The molecule has 9 heteroatoms. The normalized spacial score (nSPS) is 15.4. The fourth-order valence-corrected chi connectivity index (χ4v) is 6.00. The maximum absolute atomic E-state index is 12.8. The fourth-order valence-electron chi connectivity index (χ4n) is 3.43. The Balaban J connectivity index is 1.65. The first kappa shape index (κ1) is 22.9. The summed E-state index contributed by atoms with van der Waals surface area (Å²) in [4.78, 5) is 17.9. The monoisotopic (exact) mass is 450 g/mol. The van der Waals surface area contributed by atoms with Crippen LogP contribution in [0.25, 0.3) is 0 Å². The summed E-state index contributed by atoms with van der Waals surface area (Å²) in [6, 6.07) is 9.48. The Morgan fingerprint density at radius 3 is 2.50 bits per heavy atom.